The van der Waals surface area contributed by atoms with Gasteiger partial charge >= 0.3 is 0 Å². The first-order valence-electron chi connectivity index (χ1n) is 9.06. The van der Waals surface area contributed by atoms with E-state index >= 15 is 0 Å². The highest BCUT2D eigenvalue weighted by molar-refractivity contribution is 5.47. The summed E-state index contributed by atoms with van der Waals surface area (Å²) in [5.41, 5.74) is 3.56. The van der Waals surface area contributed by atoms with Crippen molar-refractivity contribution in [3.05, 3.63) is 90.0 Å². The van der Waals surface area contributed by atoms with Gasteiger partial charge in [0.2, 0.25) is 0 Å². The minimum atomic E-state index is 0.680. The number of rotatable bonds is 9. The van der Waals surface area contributed by atoms with Crippen molar-refractivity contribution in [2.75, 3.05) is 18.5 Å². The van der Waals surface area contributed by atoms with Gasteiger partial charge in [0, 0.05) is 18.7 Å². The van der Waals surface area contributed by atoms with Crippen LogP contribution in [0.5, 0.6) is 11.5 Å². The molecule has 0 aliphatic heterocycles. The Labute approximate surface area is 155 Å². The summed E-state index contributed by atoms with van der Waals surface area (Å²) < 4.78 is 11.4. The molecule has 0 saturated heterocycles. The van der Waals surface area contributed by atoms with E-state index in [9.17, 15) is 0 Å². The van der Waals surface area contributed by atoms with Crippen LogP contribution >= 0.6 is 0 Å². The Balaban J connectivity index is 1.49. The first-order chi connectivity index (χ1) is 12.8. The Morgan fingerprint density at radius 2 is 1.50 bits per heavy atom. The first-order valence-corrected chi connectivity index (χ1v) is 9.06. The molecule has 0 radical (unpaired) electrons. The average Bonchev–Trinajstić information content (AvgIpc) is 2.69. The van der Waals surface area contributed by atoms with Gasteiger partial charge in [-0.15, -0.1) is 0 Å². The lowest BCUT2D eigenvalue weighted by molar-refractivity contribution is 0.321. The highest BCUT2D eigenvalue weighted by atomic mass is 16.5. The molecular weight excluding hydrogens is 322 g/mol. The molecule has 134 valence electrons. The SMILES string of the molecule is CCOc1ccc(NCc2cccc(OCCc3ccccc3)c2)cc1. The van der Waals surface area contributed by atoms with Crippen LogP contribution in [0.3, 0.4) is 0 Å². The van der Waals surface area contributed by atoms with E-state index in [2.05, 4.69) is 41.7 Å². The lowest BCUT2D eigenvalue weighted by Gasteiger charge is -2.10. The quantitative estimate of drug-likeness (QED) is 0.568. The third-order valence-electron chi connectivity index (χ3n) is 4.06. The van der Waals surface area contributed by atoms with E-state index in [1.807, 2.05) is 49.4 Å². The Morgan fingerprint density at radius 3 is 2.27 bits per heavy atom. The highest BCUT2D eigenvalue weighted by Crippen LogP contribution is 2.18. The van der Waals surface area contributed by atoms with Crippen molar-refractivity contribution in [3.8, 4) is 11.5 Å². The molecule has 0 heterocycles. The largest absolute Gasteiger partial charge is 0.494 e. The van der Waals surface area contributed by atoms with E-state index in [1.54, 1.807) is 0 Å². The van der Waals surface area contributed by atoms with Crippen LogP contribution in [0.4, 0.5) is 5.69 Å². The normalized spacial score (nSPS) is 10.3. The van der Waals surface area contributed by atoms with Crippen LogP contribution in [0.25, 0.3) is 0 Å². The minimum Gasteiger partial charge on any atom is -0.494 e. The van der Waals surface area contributed by atoms with E-state index in [1.165, 1.54) is 11.1 Å². The lowest BCUT2D eigenvalue weighted by Crippen LogP contribution is -2.03. The summed E-state index contributed by atoms with van der Waals surface area (Å²) in [5.74, 6) is 1.80. The number of hydrogen-bond donors (Lipinski definition) is 1. The van der Waals surface area contributed by atoms with Gasteiger partial charge in [0.05, 0.1) is 13.2 Å². The third-order valence-corrected chi connectivity index (χ3v) is 4.06. The topological polar surface area (TPSA) is 30.5 Å². The van der Waals surface area contributed by atoms with Crippen LogP contribution in [0.15, 0.2) is 78.9 Å². The fourth-order valence-electron chi connectivity index (χ4n) is 2.72. The molecule has 0 aliphatic carbocycles. The zero-order chi connectivity index (χ0) is 18.0. The average molecular weight is 347 g/mol. The fourth-order valence-corrected chi connectivity index (χ4v) is 2.72. The van der Waals surface area contributed by atoms with Gasteiger partial charge in [-0.2, -0.15) is 0 Å². The van der Waals surface area contributed by atoms with Crippen LogP contribution in [0, 0.1) is 0 Å². The van der Waals surface area contributed by atoms with Crippen molar-refractivity contribution in [1.29, 1.82) is 0 Å². The Morgan fingerprint density at radius 1 is 0.731 bits per heavy atom. The van der Waals surface area contributed by atoms with E-state index < -0.39 is 0 Å². The highest BCUT2D eigenvalue weighted by Gasteiger charge is 2.00. The smallest absolute Gasteiger partial charge is 0.119 e. The summed E-state index contributed by atoms with van der Waals surface area (Å²) in [7, 11) is 0. The summed E-state index contributed by atoms with van der Waals surface area (Å²) in [6.07, 6.45) is 0.912. The summed E-state index contributed by atoms with van der Waals surface area (Å²) in [6, 6.07) is 26.7. The zero-order valence-electron chi connectivity index (χ0n) is 15.2. The molecule has 0 atom stereocenters. The summed E-state index contributed by atoms with van der Waals surface area (Å²) in [6.45, 7) is 4.11. The van der Waals surface area contributed by atoms with E-state index in [0.29, 0.717) is 13.2 Å². The summed E-state index contributed by atoms with van der Waals surface area (Å²) in [4.78, 5) is 0. The molecule has 0 amide bonds. The molecule has 0 aromatic heterocycles. The maximum absolute atomic E-state index is 5.90. The molecule has 3 aromatic carbocycles. The van der Waals surface area contributed by atoms with E-state index in [0.717, 1.165) is 30.2 Å². The Bertz CT molecular complexity index is 785. The van der Waals surface area contributed by atoms with E-state index in [4.69, 9.17) is 9.47 Å². The second-order valence-electron chi connectivity index (χ2n) is 6.04. The summed E-state index contributed by atoms with van der Waals surface area (Å²) in [5, 5.41) is 3.43. The molecule has 26 heavy (non-hydrogen) atoms. The maximum Gasteiger partial charge on any atom is 0.119 e. The van der Waals surface area contributed by atoms with Crippen molar-refractivity contribution in [2.24, 2.45) is 0 Å². The molecule has 1 N–H and O–H groups in total. The van der Waals surface area contributed by atoms with Gasteiger partial charge in [-0.05, 0) is 54.4 Å². The number of ether oxygens (including phenoxy) is 2. The van der Waals surface area contributed by atoms with E-state index in [-0.39, 0.29) is 0 Å². The van der Waals surface area contributed by atoms with Gasteiger partial charge in [0.25, 0.3) is 0 Å². The Hall–Kier alpha value is -2.94. The number of hydrogen-bond acceptors (Lipinski definition) is 3. The second kappa shape index (κ2) is 9.52. The van der Waals surface area contributed by atoms with Crippen LogP contribution in [0.1, 0.15) is 18.1 Å². The molecule has 0 fully saturated rings. The molecule has 3 rings (SSSR count). The maximum atomic E-state index is 5.90. The van der Waals surface area contributed by atoms with Crippen molar-refractivity contribution in [3.63, 3.8) is 0 Å². The van der Waals surface area contributed by atoms with Crippen LogP contribution in [0.2, 0.25) is 0 Å². The van der Waals surface area contributed by atoms with Crippen LogP contribution < -0.4 is 14.8 Å². The molecule has 3 heteroatoms. The number of benzene rings is 3. The van der Waals surface area contributed by atoms with Crippen molar-refractivity contribution in [1.82, 2.24) is 0 Å². The lowest BCUT2D eigenvalue weighted by atomic mass is 10.2. The predicted molar refractivity (Wildman–Crippen MR) is 107 cm³/mol. The third kappa shape index (κ3) is 5.55. The van der Waals surface area contributed by atoms with Crippen molar-refractivity contribution in [2.45, 2.75) is 19.9 Å². The predicted octanol–water partition coefficient (Wildman–Crippen LogP) is 5.32. The Kier molecular flexibility index (Phi) is 6.54. The zero-order valence-corrected chi connectivity index (χ0v) is 15.2. The van der Waals surface area contributed by atoms with Crippen LogP contribution in [-0.2, 0) is 13.0 Å². The monoisotopic (exact) mass is 347 g/mol. The molecule has 3 aromatic rings. The standard InChI is InChI=1S/C23H25NO2/c1-2-25-22-13-11-21(12-14-22)24-18-20-9-6-10-23(17-20)26-16-15-19-7-4-3-5-8-19/h3-14,17,24H,2,15-16,18H2,1H3. The van der Waals surface area contributed by atoms with Crippen molar-refractivity contribution >= 4 is 5.69 Å². The molecule has 0 saturated carbocycles. The molecule has 0 bridgehead atoms. The molecular formula is C23H25NO2. The fraction of sp³-hybridized carbons (Fsp3) is 0.217. The molecule has 0 spiro atoms. The molecule has 0 unspecified atom stereocenters. The number of anilines is 1. The van der Waals surface area contributed by atoms with Gasteiger partial charge in [-0.25, -0.2) is 0 Å². The van der Waals surface area contributed by atoms with Crippen LogP contribution in [-0.4, -0.2) is 13.2 Å². The number of nitrogens with one attached hydrogen (secondary N) is 1. The second-order valence-corrected chi connectivity index (χ2v) is 6.04. The molecule has 3 nitrogen and oxygen atoms in total. The van der Waals surface area contributed by atoms with Gasteiger partial charge in [-0.1, -0.05) is 42.5 Å². The molecule has 0 aliphatic rings. The van der Waals surface area contributed by atoms with Gasteiger partial charge in [-0.3, -0.25) is 0 Å². The van der Waals surface area contributed by atoms with Gasteiger partial charge in [0.15, 0.2) is 0 Å². The van der Waals surface area contributed by atoms with Crippen molar-refractivity contribution < 1.29 is 9.47 Å². The van der Waals surface area contributed by atoms with Gasteiger partial charge < -0.3 is 14.8 Å². The minimum absolute atomic E-state index is 0.680. The van der Waals surface area contributed by atoms with Gasteiger partial charge in [0.1, 0.15) is 11.5 Å². The summed E-state index contributed by atoms with van der Waals surface area (Å²) >= 11 is 0. The first kappa shape index (κ1) is 17.9.